The first-order chi connectivity index (χ1) is 9.18. The highest BCUT2D eigenvalue weighted by Gasteiger charge is 2.14. The zero-order chi connectivity index (χ0) is 13.7. The Morgan fingerprint density at radius 1 is 0.947 bits per heavy atom. The summed E-state index contributed by atoms with van der Waals surface area (Å²) in [5.74, 6) is -0.114. The minimum absolute atomic E-state index is 0.0296. The maximum atomic E-state index is 11.7. The van der Waals surface area contributed by atoms with Crippen LogP contribution in [0, 0.1) is 0 Å². The van der Waals surface area contributed by atoms with Crippen LogP contribution in [0.2, 0.25) is 0 Å². The SMILES string of the molecule is CC(=O)/C(Sc1ccccc1)=C(/O)c1ccccc1. The Morgan fingerprint density at radius 2 is 1.47 bits per heavy atom. The van der Waals surface area contributed by atoms with Crippen LogP contribution in [0.4, 0.5) is 0 Å². The zero-order valence-electron chi connectivity index (χ0n) is 10.5. The molecule has 0 bridgehead atoms. The van der Waals surface area contributed by atoms with E-state index in [1.165, 1.54) is 18.7 Å². The number of thioether (sulfide) groups is 1. The van der Waals surface area contributed by atoms with E-state index in [0.29, 0.717) is 10.5 Å². The van der Waals surface area contributed by atoms with Crippen molar-refractivity contribution in [2.45, 2.75) is 11.8 Å². The van der Waals surface area contributed by atoms with Gasteiger partial charge in [-0.2, -0.15) is 0 Å². The molecule has 96 valence electrons. The molecule has 1 N–H and O–H groups in total. The van der Waals surface area contributed by atoms with Crippen molar-refractivity contribution in [2.24, 2.45) is 0 Å². The number of aliphatic hydroxyl groups is 1. The average molecular weight is 270 g/mol. The molecule has 19 heavy (non-hydrogen) atoms. The Morgan fingerprint density at radius 3 is 2.00 bits per heavy atom. The Hall–Kier alpha value is -2.00. The number of carbonyl (C=O) groups excluding carboxylic acids is 1. The van der Waals surface area contributed by atoms with Crippen molar-refractivity contribution in [1.29, 1.82) is 0 Å². The third-order valence-corrected chi connectivity index (χ3v) is 3.74. The van der Waals surface area contributed by atoms with Gasteiger partial charge in [0.15, 0.2) is 5.78 Å². The van der Waals surface area contributed by atoms with E-state index in [-0.39, 0.29) is 11.5 Å². The fraction of sp³-hybridized carbons (Fsp3) is 0.0625. The molecule has 0 atom stereocenters. The normalized spacial score (nSPS) is 11.8. The van der Waals surface area contributed by atoms with Gasteiger partial charge < -0.3 is 5.11 Å². The largest absolute Gasteiger partial charge is 0.506 e. The lowest BCUT2D eigenvalue weighted by atomic mass is 10.1. The Labute approximate surface area is 116 Å². The highest BCUT2D eigenvalue weighted by Crippen LogP contribution is 2.32. The van der Waals surface area contributed by atoms with Crippen LogP contribution < -0.4 is 0 Å². The predicted octanol–water partition coefficient (Wildman–Crippen LogP) is 4.29. The van der Waals surface area contributed by atoms with E-state index < -0.39 is 0 Å². The fourth-order valence-electron chi connectivity index (χ4n) is 1.62. The lowest BCUT2D eigenvalue weighted by Gasteiger charge is -2.08. The summed E-state index contributed by atoms with van der Waals surface area (Å²) in [6.45, 7) is 1.46. The van der Waals surface area contributed by atoms with E-state index in [4.69, 9.17) is 0 Å². The molecule has 0 unspecified atom stereocenters. The van der Waals surface area contributed by atoms with Crippen molar-refractivity contribution in [3.8, 4) is 0 Å². The Bertz CT molecular complexity index is 589. The molecule has 2 rings (SSSR count). The molecule has 2 aromatic carbocycles. The smallest absolute Gasteiger partial charge is 0.170 e. The van der Waals surface area contributed by atoms with Crippen molar-refractivity contribution in [1.82, 2.24) is 0 Å². The quantitative estimate of drug-likeness (QED) is 0.511. The number of aliphatic hydroxyl groups excluding tert-OH is 1. The molecule has 0 aliphatic heterocycles. The summed E-state index contributed by atoms with van der Waals surface area (Å²) in [6.07, 6.45) is 0. The van der Waals surface area contributed by atoms with E-state index >= 15 is 0 Å². The van der Waals surface area contributed by atoms with Gasteiger partial charge in [0.05, 0.1) is 4.91 Å². The summed E-state index contributed by atoms with van der Waals surface area (Å²) in [4.78, 5) is 13.0. The van der Waals surface area contributed by atoms with E-state index in [1.54, 1.807) is 12.1 Å². The highest BCUT2D eigenvalue weighted by molar-refractivity contribution is 8.04. The van der Waals surface area contributed by atoms with Crippen molar-refractivity contribution in [3.05, 3.63) is 71.1 Å². The number of hydrogen-bond donors (Lipinski definition) is 1. The molecule has 0 saturated carbocycles. The highest BCUT2D eigenvalue weighted by atomic mass is 32.2. The van der Waals surface area contributed by atoms with Gasteiger partial charge in [-0.25, -0.2) is 0 Å². The number of benzene rings is 2. The maximum Gasteiger partial charge on any atom is 0.170 e. The van der Waals surface area contributed by atoms with E-state index in [2.05, 4.69) is 0 Å². The van der Waals surface area contributed by atoms with Crippen molar-refractivity contribution < 1.29 is 9.90 Å². The molecule has 0 aliphatic carbocycles. The summed E-state index contributed by atoms with van der Waals surface area (Å²) in [6, 6.07) is 18.6. The van der Waals surface area contributed by atoms with Gasteiger partial charge >= 0.3 is 0 Å². The molecule has 2 nitrogen and oxygen atoms in total. The average Bonchev–Trinajstić information content (AvgIpc) is 2.46. The minimum Gasteiger partial charge on any atom is -0.506 e. The zero-order valence-corrected chi connectivity index (χ0v) is 11.4. The van der Waals surface area contributed by atoms with Crippen LogP contribution in [0.15, 0.2) is 70.5 Å². The molecule has 0 radical (unpaired) electrons. The minimum atomic E-state index is -0.143. The Balaban J connectivity index is 2.38. The van der Waals surface area contributed by atoms with Crippen LogP contribution in [0.5, 0.6) is 0 Å². The number of rotatable bonds is 4. The summed E-state index contributed by atoms with van der Waals surface area (Å²) in [7, 11) is 0. The van der Waals surface area contributed by atoms with Crippen LogP contribution >= 0.6 is 11.8 Å². The molecule has 3 heteroatoms. The van der Waals surface area contributed by atoms with Gasteiger partial charge in [0.25, 0.3) is 0 Å². The Kier molecular flexibility index (Phi) is 4.42. The second-order valence-corrected chi connectivity index (χ2v) is 5.10. The van der Waals surface area contributed by atoms with E-state index in [0.717, 1.165) is 4.90 Å². The lowest BCUT2D eigenvalue weighted by molar-refractivity contribution is -0.112. The van der Waals surface area contributed by atoms with Gasteiger partial charge in [-0.05, 0) is 19.1 Å². The lowest BCUT2D eigenvalue weighted by Crippen LogP contribution is -1.98. The van der Waals surface area contributed by atoms with Crippen LogP contribution in [-0.2, 0) is 4.79 Å². The van der Waals surface area contributed by atoms with Crippen LogP contribution in [-0.4, -0.2) is 10.9 Å². The summed E-state index contributed by atoms with van der Waals surface area (Å²) in [5, 5.41) is 10.2. The van der Waals surface area contributed by atoms with Gasteiger partial charge in [0, 0.05) is 10.5 Å². The standard InChI is InChI=1S/C16H14O2S/c1-12(17)16(19-14-10-6-3-7-11-14)15(18)13-8-4-2-5-9-13/h2-11,18H,1H3/b16-15-. The second-order valence-electron chi connectivity index (χ2n) is 4.02. The first-order valence-electron chi connectivity index (χ1n) is 5.91. The molecule has 2 aromatic rings. The van der Waals surface area contributed by atoms with Crippen LogP contribution in [0.25, 0.3) is 5.76 Å². The van der Waals surface area contributed by atoms with E-state index in [1.807, 2.05) is 48.5 Å². The summed E-state index contributed by atoms with van der Waals surface area (Å²) < 4.78 is 0. The number of carbonyl (C=O) groups is 1. The van der Waals surface area contributed by atoms with Gasteiger partial charge in [-0.1, -0.05) is 60.3 Å². The fourth-order valence-corrected chi connectivity index (χ4v) is 2.51. The first-order valence-corrected chi connectivity index (χ1v) is 6.72. The molecular weight excluding hydrogens is 256 g/mol. The van der Waals surface area contributed by atoms with Crippen LogP contribution in [0.3, 0.4) is 0 Å². The molecule has 0 aromatic heterocycles. The number of ketones is 1. The van der Waals surface area contributed by atoms with Crippen molar-refractivity contribution in [2.75, 3.05) is 0 Å². The molecule has 0 amide bonds. The van der Waals surface area contributed by atoms with Gasteiger partial charge in [0.1, 0.15) is 5.76 Å². The molecular formula is C16H14O2S. The molecule has 0 aliphatic rings. The monoisotopic (exact) mass is 270 g/mol. The topological polar surface area (TPSA) is 37.3 Å². The van der Waals surface area contributed by atoms with Gasteiger partial charge in [-0.3, -0.25) is 4.79 Å². The predicted molar refractivity (Wildman–Crippen MR) is 79.0 cm³/mol. The third-order valence-electron chi connectivity index (χ3n) is 2.55. The summed E-state index contributed by atoms with van der Waals surface area (Å²) >= 11 is 1.28. The van der Waals surface area contributed by atoms with Crippen molar-refractivity contribution >= 4 is 23.3 Å². The van der Waals surface area contributed by atoms with Gasteiger partial charge in [-0.15, -0.1) is 0 Å². The van der Waals surface area contributed by atoms with Crippen LogP contribution in [0.1, 0.15) is 12.5 Å². The van der Waals surface area contributed by atoms with Crippen molar-refractivity contribution in [3.63, 3.8) is 0 Å². The summed E-state index contributed by atoms with van der Waals surface area (Å²) in [5.41, 5.74) is 0.649. The maximum absolute atomic E-state index is 11.7. The third kappa shape index (κ3) is 3.48. The molecule has 0 saturated heterocycles. The molecule has 0 fully saturated rings. The first kappa shape index (κ1) is 13.4. The number of hydrogen-bond acceptors (Lipinski definition) is 3. The van der Waals surface area contributed by atoms with Gasteiger partial charge in [0.2, 0.25) is 0 Å². The molecule has 0 spiro atoms. The number of allylic oxidation sites excluding steroid dienone is 1. The molecule has 0 heterocycles. The second kappa shape index (κ2) is 6.25. The number of Topliss-reactive ketones (excluding diaryl/α,β-unsaturated/α-hetero) is 1. The van der Waals surface area contributed by atoms with E-state index in [9.17, 15) is 9.90 Å².